The van der Waals surface area contributed by atoms with E-state index in [1.165, 1.54) is 0 Å². The quantitative estimate of drug-likeness (QED) is 0.233. The van der Waals surface area contributed by atoms with E-state index in [0.717, 1.165) is 19.6 Å². The largest absolute Gasteiger partial charge is 0.245 e. The summed E-state index contributed by atoms with van der Waals surface area (Å²) in [4.78, 5) is 13.6. The Morgan fingerprint density at radius 3 is 1.03 bits per heavy atom. The van der Waals surface area contributed by atoms with E-state index < -0.39 is 21.4 Å². The number of hydrogen-bond acceptors (Lipinski definition) is 7. The minimum absolute atomic E-state index is 0.293. The Morgan fingerprint density at radius 1 is 0.432 bits per heavy atom. The fourth-order valence-corrected chi connectivity index (χ4v) is 6.81. The highest BCUT2D eigenvalue weighted by atomic mass is 32.2. The fraction of sp³-hybridized carbons (Fsp3) is 0. The summed E-state index contributed by atoms with van der Waals surface area (Å²) in [5.41, 5.74) is 0.586. The molecule has 0 bridgehead atoms. The highest BCUT2D eigenvalue weighted by Crippen LogP contribution is 2.32. The Hall–Kier alpha value is -4.34. The van der Waals surface area contributed by atoms with Crippen molar-refractivity contribution in [3.05, 3.63) is 121 Å². The van der Waals surface area contributed by atoms with Crippen LogP contribution in [-0.4, -0.2) is 20.3 Å². The first-order chi connectivity index (χ1) is 18.3. The Labute approximate surface area is 218 Å². The molecule has 0 N–H and O–H groups in total. The second kappa shape index (κ2) is 10.7. The van der Waals surface area contributed by atoms with E-state index in [0.29, 0.717) is 22.9 Å². The second-order valence-electron chi connectivity index (χ2n) is 7.79. The van der Waals surface area contributed by atoms with Gasteiger partial charge in [-0.15, -0.1) is 0 Å². The molecule has 9 heteroatoms. The molecule has 2 heterocycles. The van der Waals surface area contributed by atoms with E-state index >= 15 is 0 Å². The average molecular weight is 521 g/mol. The molecule has 0 radical (unpaired) electrons. The van der Waals surface area contributed by atoms with Crippen LogP contribution in [0.5, 0.6) is 0 Å². The number of rotatable bonds is 6. The molecular weight excluding hydrogens is 500 g/mol. The van der Waals surface area contributed by atoms with Gasteiger partial charge in [0.1, 0.15) is 0 Å². The third-order valence-corrected chi connectivity index (χ3v) is 8.89. The molecule has 0 saturated carbocycles. The molecule has 0 atom stereocenters. The average Bonchev–Trinajstić information content (AvgIpc) is 3.43. The highest BCUT2D eigenvalue weighted by molar-refractivity contribution is 7.88. The van der Waals surface area contributed by atoms with E-state index in [4.69, 9.17) is 13.4 Å². The molecule has 6 rings (SSSR count). The Morgan fingerprint density at radius 2 is 0.730 bits per heavy atom. The monoisotopic (exact) mass is 520 g/mol. The molecule has 6 aromatic rings. The van der Waals surface area contributed by atoms with Crippen molar-refractivity contribution < 1.29 is 4.63 Å². The van der Waals surface area contributed by atoms with Crippen molar-refractivity contribution in [3.8, 4) is 0 Å². The van der Waals surface area contributed by atoms with Crippen LogP contribution in [-0.2, 0) is 21.4 Å². The van der Waals surface area contributed by atoms with Gasteiger partial charge in [-0.2, -0.15) is 18.7 Å². The number of benzene rings is 4. The Kier molecular flexibility index (Phi) is 6.70. The van der Waals surface area contributed by atoms with Gasteiger partial charge in [-0.3, -0.25) is 0 Å². The van der Waals surface area contributed by atoms with E-state index in [9.17, 15) is 0 Å². The van der Waals surface area contributed by atoms with Crippen LogP contribution in [0, 0.1) is 0 Å². The summed E-state index contributed by atoms with van der Waals surface area (Å²) < 4.78 is 15.2. The Bertz CT molecular complexity index is 1500. The van der Waals surface area contributed by atoms with Crippen LogP contribution in [0.2, 0.25) is 0 Å². The molecule has 180 valence electrons. The molecule has 0 fully saturated rings. The smallest absolute Gasteiger partial charge is 0.240 e. The molecule has 4 aromatic carbocycles. The van der Waals surface area contributed by atoms with E-state index in [1.807, 2.05) is 72.8 Å². The summed E-state index contributed by atoms with van der Waals surface area (Å²) in [6.45, 7) is 0. The van der Waals surface area contributed by atoms with Crippen LogP contribution < -0.4 is 0 Å². The predicted octanol–water partition coefficient (Wildman–Crippen LogP) is 7.12. The van der Waals surface area contributed by atoms with Gasteiger partial charge in [-0.05, 0) is 80.2 Å². The zero-order chi connectivity index (χ0) is 24.9. The van der Waals surface area contributed by atoms with Crippen LogP contribution in [0.4, 0.5) is 11.6 Å². The maximum Gasteiger partial charge on any atom is 0.245 e. The number of nitrogens with zero attached hydrogens (tertiary/aromatic N) is 6. The van der Waals surface area contributed by atoms with Gasteiger partial charge in [0, 0.05) is 19.6 Å². The first kappa shape index (κ1) is 23.1. The lowest BCUT2D eigenvalue weighted by molar-refractivity contribution is 0.314. The summed E-state index contributed by atoms with van der Waals surface area (Å²) in [7, 11) is -1.32. The highest BCUT2D eigenvalue weighted by Gasteiger charge is 2.16. The van der Waals surface area contributed by atoms with Crippen molar-refractivity contribution in [2.75, 3.05) is 0 Å². The minimum Gasteiger partial charge on any atom is -0.240 e. The van der Waals surface area contributed by atoms with E-state index in [-0.39, 0.29) is 0 Å². The molecule has 0 aliphatic rings. The van der Waals surface area contributed by atoms with Gasteiger partial charge < -0.3 is 0 Å². The minimum atomic E-state index is -0.660. The van der Waals surface area contributed by atoms with Crippen molar-refractivity contribution in [2.45, 2.75) is 19.6 Å². The first-order valence-corrected chi connectivity index (χ1v) is 13.8. The van der Waals surface area contributed by atoms with E-state index in [2.05, 4.69) is 68.8 Å². The van der Waals surface area contributed by atoms with Gasteiger partial charge >= 0.3 is 0 Å². The van der Waals surface area contributed by atoms with Gasteiger partial charge in [-0.1, -0.05) is 72.8 Å². The SMILES string of the molecule is c1ccc(S(=Nc2nc3nonc3nc2N=S(c2ccccc2)c2ccccc2)c2ccccc2)cc1. The van der Waals surface area contributed by atoms with Gasteiger partial charge in [0.2, 0.25) is 22.9 Å². The summed E-state index contributed by atoms with van der Waals surface area (Å²) in [5.74, 6) is 0.784. The van der Waals surface area contributed by atoms with Crippen LogP contribution in [0.1, 0.15) is 0 Å². The van der Waals surface area contributed by atoms with Crippen molar-refractivity contribution in [1.29, 1.82) is 0 Å². The molecule has 7 nitrogen and oxygen atoms in total. The van der Waals surface area contributed by atoms with Crippen LogP contribution in [0.3, 0.4) is 0 Å². The van der Waals surface area contributed by atoms with Gasteiger partial charge in [0.25, 0.3) is 0 Å². The van der Waals surface area contributed by atoms with Gasteiger partial charge in [0.15, 0.2) is 0 Å². The lowest BCUT2D eigenvalue weighted by atomic mass is 10.4. The normalized spacial score (nSPS) is 11.2. The molecule has 0 aliphatic carbocycles. The summed E-state index contributed by atoms with van der Waals surface area (Å²) in [5, 5.41) is 7.83. The number of hydrogen-bond donors (Lipinski definition) is 0. The van der Waals surface area contributed by atoms with Crippen molar-refractivity contribution in [1.82, 2.24) is 20.3 Å². The molecule has 0 amide bonds. The third-order valence-electron chi connectivity index (χ3n) is 5.30. The first-order valence-electron chi connectivity index (χ1n) is 11.5. The zero-order valence-corrected chi connectivity index (χ0v) is 21.1. The summed E-state index contributed by atoms with van der Waals surface area (Å²) >= 11 is 0. The summed E-state index contributed by atoms with van der Waals surface area (Å²) in [6.07, 6.45) is 0. The molecular formula is C28H20N6OS2. The molecule has 0 unspecified atom stereocenters. The van der Waals surface area contributed by atoms with Crippen molar-refractivity contribution >= 4 is 44.3 Å². The lowest BCUT2D eigenvalue weighted by Gasteiger charge is -2.11. The fourth-order valence-electron chi connectivity index (χ4n) is 3.60. The van der Waals surface area contributed by atoms with Crippen molar-refractivity contribution in [3.63, 3.8) is 0 Å². The number of fused-ring (bicyclic) bond motifs is 1. The topological polar surface area (TPSA) is 89.4 Å². The summed E-state index contributed by atoms with van der Waals surface area (Å²) in [6, 6.07) is 40.6. The van der Waals surface area contributed by atoms with Crippen LogP contribution in [0.25, 0.3) is 11.3 Å². The van der Waals surface area contributed by atoms with E-state index in [1.54, 1.807) is 0 Å². The maximum atomic E-state index is 5.12. The Balaban J connectivity index is 1.60. The van der Waals surface area contributed by atoms with Crippen LogP contribution in [0.15, 0.2) is 154 Å². The molecule has 37 heavy (non-hydrogen) atoms. The maximum absolute atomic E-state index is 5.12. The predicted molar refractivity (Wildman–Crippen MR) is 145 cm³/mol. The number of aromatic nitrogens is 4. The van der Waals surface area contributed by atoms with Gasteiger partial charge in [0.05, 0.1) is 0 Å². The lowest BCUT2D eigenvalue weighted by Crippen LogP contribution is -1.96. The molecule has 0 aliphatic heterocycles. The van der Waals surface area contributed by atoms with Crippen LogP contribution >= 0.6 is 0 Å². The molecule has 0 spiro atoms. The van der Waals surface area contributed by atoms with Gasteiger partial charge in [-0.25, -0.2) is 4.63 Å². The standard InChI is InChI=1S/C28H20N6OS2/c1-5-13-21(14-6-1)36(22-15-7-2-8-16-22)33-27-28(30-26-25(29-27)31-35-32-26)34-37(23-17-9-3-10-18-23)24-19-11-4-12-20-24/h1-20H. The third kappa shape index (κ3) is 5.13. The van der Waals surface area contributed by atoms with Crippen molar-refractivity contribution in [2.24, 2.45) is 8.73 Å². The molecule has 2 aromatic heterocycles. The second-order valence-corrected chi connectivity index (χ2v) is 11.2. The molecule has 0 saturated heterocycles. The zero-order valence-electron chi connectivity index (χ0n) is 19.5.